The number of rotatable bonds is 6. The minimum Gasteiger partial charge on any atom is -0.756 e. The summed E-state index contributed by atoms with van der Waals surface area (Å²) in [4.78, 5) is 35.2. The topological polar surface area (TPSA) is 196 Å². The molecule has 160 valence electrons. The predicted octanol–water partition coefficient (Wildman–Crippen LogP) is -2.66. The molecule has 0 radical (unpaired) electrons. The Bertz CT molecular complexity index is 380. The molecule has 1 aliphatic rings. The van der Waals surface area contributed by atoms with Crippen molar-refractivity contribution in [2.45, 2.75) is 50.6 Å². The molecule has 1 aliphatic carbocycles. The van der Waals surface area contributed by atoms with Crippen LogP contribution in [0.5, 0.6) is 0 Å². The Morgan fingerprint density at radius 2 is 1.62 bits per heavy atom. The molecule has 3 unspecified atom stereocenters. The molecule has 12 heteroatoms. The first kappa shape index (κ1) is 30.8. The molecule has 0 heterocycles. The van der Waals surface area contributed by atoms with Gasteiger partial charge < -0.3 is 46.1 Å². The summed E-state index contributed by atoms with van der Waals surface area (Å²) >= 11 is 0. The Morgan fingerprint density at radius 1 is 1.23 bits per heavy atom. The fourth-order valence-corrected chi connectivity index (χ4v) is 2.13. The third kappa shape index (κ3) is 24.1. The summed E-state index contributed by atoms with van der Waals surface area (Å²) in [6.45, 7) is 0.513. The molecule has 0 bridgehead atoms. The van der Waals surface area contributed by atoms with E-state index in [1.54, 1.807) is 0 Å². The molecule has 0 aromatic carbocycles. The van der Waals surface area contributed by atoms with Crippen molar-refractivity contribution in [2.24, 2.45) is 17.4 Å². The third-order valence-electron chi connectivity index (χ3n) is 3.59. The maximum absolute atomic E-state index is 10.3. The van der Waals surface area contributed by atoms with E-state index in [9.17, 15) is 9.90 Å². The van der Waals surface area contributed by atoms with Crippen molar-refractivity contribution in [1.82, 2.24) is 4.90 Å². The van der Waals surface area contributed by atoms with Crippen LogP contribution in [0, 0.1) is 5.92 Å². The molecule has 0 aromatic rings. The number of nitrogens with two attached hydrogens (primary N) is 2. The van der Waals surface area contributed by atoms with Gasteiger partial charge >= 0.3 is 21.1 Å². The summed E-state index contributed by atoms with van der Waals surface area (Å²) in [5, 5.41) is 18.9. The van der Waals surface area contributed by atoms with Gasteiger partial charge in [0.05, 0.1) is 6.61 Å². The van der Waals surface area contributed by atoms with E-state index >= 15 is 0 Å². The van der Waals surface area contributed by atoms with Crippen molar-refractivity contribution in [2.75, 3.05) is 27.2 Å². The van der Waals surface area contributed by atoms with Crippen molar-refractivity contribution in [3.63, 3.8) is 0 Å². The minimum atomic E-state index is -4.89. The van der Waals surface area contributed by atoms with Crippen molar-refractivity contribution < 1.29 is 55.3 Å². The van der Waals surface area contributed by atoms with Gasteiger partial charge in [-0.2, -0.15) is 0 Å². The monoisotopic (exact) mass is 580 g/mol. The largest absolute Gasteiger partial charge is 2.00 e. The van der Waals surface area contributed by atoms with E-state index in [0.717, 1.165) is 25.8 Å². The number of carbonyl (C=O) groups is 1. The summed E-state index contributed by atoms with van der Waals surface area (Å²) in [6.07, 6.45) is 6.05. The maximum Gasteiger partial charge on any atom is 2.00 e. The zero-order chi connectivity index (χ0) is 20.0. The predicted molar refractivity (Wildman–Crippen MR) is 89.8 cm³/mol. The number of nitrogens with zero attached hydrogens (tertiary/aromatic N) is 1. The average molecular weight is 580 g/mol. The number of carbonyl (C=O) groups excluding carboxylic acids is 1. The van der Waals surface area contributed by atoms with Crippen LogP contribution in [0.25, 0.3) is 0 Å². The van der Waals surface area contributed by atoms with Crippen molar-refractivity contribution in [1.29, 1.82) is 0 Å². The van der Waals surface area contributed by atoms with Gasteiger partial charge in [-0.25, -0.2) is 0 Å². The van der Waals surface area contributed by atoms with Gasteiger partial charge in [0.1, 0.15) is 0 Å². The van der Waals surface area contributed by atoms with E-state index < -0.39 is 19.7 Å². The van der Waals surface area contributed by atoms with Gasteiger partial charge in [-0.15, -0.1) is 0 Å². The van der Waals surface area contributed by atoms with Crippen LogP contribution in [-0.4, -0.2) is 65.1 Å². The quantitative estimate of drug-likeness (QED) is 0.207. The summed E-state index contributed by atoms with van der Waals surface area (Å²) in [5.74, 6) is -1.86. The van der Waals surface area contributed by atoms with E-state index in [0.29, 0.717) is 6.42 Å². The van der Waals surface area contributed by atoms with Crippen LogP contribution in [0.4, 0.5) is 0 Å². The number of carboxylic acids is 1. The maximum atomic E-state index is 10.3. The van der Waals surface area contributed by atoms with Gasteiger partial charge in [0, 0.05) is 24.0 Å². The number of hydrogen-bond acceptors (Lipinski definition) is 8. The standard InChI is InChI=1S/C8H17NO3.C6H14N2.H3O4P.Pt/c1-9(2)5-3-4-7(6-10)8(11)12;7-5-3-1-2-4-6(5)8;1-5(2,3)4;/h7,10H,3-6H2,1-2H3,(H,11,12);5-6H,1-4,7-8H2;(H3,1,2,3,4);/q;;;+2/p-2. The fourth-order valence-electron chi connectivity index (χ4n) is 2.13. The molecular weight excluding hydrogens is 548 g/mol. The second-order valence-corrected chi connectivity index (χ2v) is 7.23. The number of aliphatic hydroxyl groups excluding tert-OH is 1. The third-order valence-corrected chi connectivity index (χ3v) is 3.59. The van der Waals surface area contributed by atoms with Crippen LogP contribution in [0.3, 0.4) is 0 Å². The summed E-state index contributed by atoms with van der Waals surface area (Å²) < 4.78 is 8.77. The molecule has 1 rings (SSSR count). The Labute approximate surface area is 169 Å². The summed E-state index contributed by atoms with van der Waals surface area (Å²) in [7, 11) is -1.04. The molecule has 3 atom stereocenters. The normalized spacial score (nSPS) is 20.7. The van der Waals surface area contributed by atoms with Gasteiger partial charge in [0.25, 0.3) is 7.82 Å². The second kappa shape index (κ2) is 17.2. The van der Waals surface area contributed by atoms with Crippen molar-refractivity contribution >= 4 is 13.8 Å². The number of phosphoric acid groups is 1. The number of hydrogen-bond donors (Lipinski definition) is 5. The molecule has 0 spiro atoms. The molecule has 1 fully saturated rings. The zero-order valence-corrected chi connectivity index (χ0v) is 18.4. The first-order valence-corrected chi connectivity index (χ1v) is 9.65. The number of carboxylic acid groups (broad SMARTS) is 1. The fraction of sp³-hybridized carbons (Fsp3) is 0.929. The van der Waals surface area contributed by atoms with Crippen LogP contribution < -0.4 is 21.5 Å². The van der Waals surface area contributed by atoms with Crippen LogP contribution in [-0.2, 0) is 30.4 Å². The smallest absolute Gasteiger partial charge is 0.756 e. The van der Waals surface area contributed by atoms with Gasteiger partial charge in [0.2, 0.25) is 0 Å². The molecular formula is C14H32N3O7PPt. The number of aliphatic hydroxyl groups is 1. The van der Waals surface area contributed by atoms with Gasteiger partial charge in [-0.3, -0.25) is 4.57 Å². The van der Waals surface area contributed by atoms with Crippen molar-refractivity contribution in [3.8, 4) is 0 Å². The molecule has 0 amide bonds. The molecule has 0 aliphatic heterocycles. The molecule has 1 saturated carbocycles. The van der Waals surface area contributed by atoms with E-state index in [4.69, 9.17) is 35.8 Å². The van der Waals surface area contributed by atoms with Gasteiger partial charge in [-0.05, 0) is 46.3 Å². The molecule has 0 aromatic heterocycles. The average Bonchev–Trinajstić information content (AvgIpc) is 2.45. The SMILES string of the molecule is CN(C)CCCC(CO)C(=O)[O-].NC1CCCCC1N.O=P([O-])(O)O.[Pt+2]. The first-order chi connectivity index (χ1) is 11.4. The van der Waals surface area contributed by atoms with Crippen LogP contribution in [0.1, 0.15) is 38.5 Å². The first-order valence-electron chi connectivity index (χ1n) is 8.12. The van der Waals surface area contributed by atoms with E-state index in [-0.39, 0.29) is 39.8 Å². The molecule has 26 heavy (non-hydrogen) atoms. The molecule has 7 N–H and O–H groups in total. The Hall–Kier alpha value is 0.108. The summed E-state index contributed by atoms with van der Waals surface area (Å²) in [6, 6.07) is 0.562. The summed E-state index contributed by atoms with van der Waals surface area (Å²) in [5.41, 5.74) is 11.3. The van der Waals surface area contributed by atoms with E-state index in [1.165, 1.54) is 12.8 Å². The molecule has 10 nitrogen and oxygen atoms in total. The second-order valence-electron chi connectivity index (χ2n) is 6.25. The van der Waals surface area contributed by atoms with Crippen LogP contribution >= 0.6 is 7.82 Å². The van der Waals surface area contributed by atoms with Crippen molar-refractivity contribution in [3.05, 3.63) is 0 Å². The minimum absolute atomic E-state index is 0. The van der Waals surface area contributed by atoms with Crippen LogP contribution in [0.15, 0.2) is 0 Å². The van der Waals surface area contributed by atoms with Crippen LogP contribution in [0.2, 0.25) is 0 Å². The number of aliphatic carboxylic acids is 1. The van der Waals surface area contributed by atoms with Gasteiger partial charge in [0.15, 0.2) is 0 Å². The Kier molecular flexibility index (Phi) is 20.4. The molecule has 0 saturated heterocycles. The zero-order valence-electron chi connectivity index (χ0n) is 15.2. The van der Waals surface area contributed by atoms with Gasteiger partial charge in [-0.1, -0.05) is 12.8 Å². The Balaban J connectivity index is -0.000000327. The van der Waals surface area contributed by atoms with E-state index in [2.05, 4.69) is 0 Å². The van der Waals surface area contributed by atoms with E-state index in [1.807, 2.05) is 19.0 Å². The Morgan fingerprint density at radius 3 is 1.85 bits per heavy atom.